The number of carbonyl (C=O) groups excluding carboxylic acids is 2. The molecule has 0 fully saturated rings. The lowest BCUT2D eigenvalue weighted by Crippen LogP contribution is -2.27. The van der Waals surface area contributed by atoms with Crippen LogP contribution in [-0.2, 0) is 14.8 Å². The molecule has 2 rings (SSSR count). The van der Waals surface area contributed by atoms with Gasteiger partial charge in [-0.15, -0.1) is 0 Å². The van der Waals surface area contributed by atoms with Gasteiger partial charge in [0.2, 0.25) is 5.95 Å². The molecule has 0 aliphatic carbocycles. The molecule has 0 aliphatic rings. The number of carbonyl (C=O) groups is 2. The van der Waals surface area contributed by atoms with Crippen LogP contribution < -0.4 is 10.1 Å². The average Bonchev–Trinajstić information content (AvgIpc) is 2.89. The zero-order valence-corrected chi connectivity index (χ0v) is 16.4. The molecule has 1 aromatic carbocycles. The summed E-state index contributed by atoms with van der Waals surface area (Å²) in [6.45, 7) is 3.35. The molecule has 27 heavy (non-hydrogen) atoms. The topological polar surface area (TPSA) is 123 Å². The van der Waals surface area contributed by atoms with Gasteiger partial charge in [0.15, 0.2) is 5.69 Å². The van der Waals surface area contributed by atoms with Crippen molar-refractivity contribution in [2.45, 2.75) is 18.7 Å². The number of imidazole rings is 1. The minimum absolute atomic E-state index is 0.0128. The van der Waals surface area contributed by atoms with Crippen LogP contribution >= 0.6 is 0 Å². The van der Waals surface area contributed by atoms with Crippen LogP contribution in [0.15, 0.2) is 29.2 Å². The van der Waals surface area contributed by atoms with Crippen LogP contribution in [0.25, 0.3) is 0 Å². The summed E-state index contributed by atoms with van der Waals surface area (Å²) in [5.74, 6) is -0.697. The SMILES string of the molecule is COC(=O)Nn1c(NS(=O)(=O)c2ccc(C)cc2)nc(C(=O)N(C)C)c1C. The molecule has 2 aromatic rings. The lowest BCUT2D eigenvalue weighted by Gasteiger charge is -2.12. The fourth-order valence-corrected chi connectivity index (χ4v) is 3.14. The van der Waals surface area contributed by atoms with Crippen molar-refractivity contribution in [3.8, 4) is 0 Å². The minimum Gasteiger partial charge on any atom is -0.452 e. The summed E-state index contributed by atoms with van der Waals surface area (Å²) in [5.41, 5.74) is 3.44. The molecule has 146 valence electrons. The lowest BCUT2D eigenvalue weighted by molar-refractivity contribution is 0.0821. The van der Waals surface area contributed by atoms with Crippen molar-refractivity contribution in [1.82, 2.24) is 14.6 Å². The fraction of sp³-hybridized carbons (Fsp3) is 0.312. The molecule has 0 atom stereocenters. The van der Waals surface area contributed by atoms with Crippen LogP contribution in [0.4, 0.5) is 10.7 Å². The van der Waals surface area contributed by atoms with Gasteiger partial charge < -0.3 is 9.64 Å². The highest BCUT2D eigenvalue weighted by atomic mass is 32.2. The van der Waals surface area contributed by atoms with E-state index in [1.165, 1.54) is 38.1 Å². The maximum Gasteiger partial charge on any atom is 0.426 e. The normalized spacial score (nSPS) is 11.0. The largest absolute Gasteiger partial charge is 0.452 e. The van der Waals surface area contributed by atoms with E-state index in [-0.39, 0.29) is 22.2 Å². The third-order valence-corrected chi connectivity index (χ3v) is 5.01. The Morgan fingerprint density at radius 2 is 1.74 bits per heavy atom. The standard InChI is InChI=1S/C16H21N5O5S/c1-10-6-8-12(9-7-10)27(24,25)19-15-17-13(14(22)20(3)4)11(2)21(15)18-16(23)26-5/h6-9H,1-5H3,(H,17,19)(H,18,23). The van der Waals surface area contributed by atoms with Crippen LogP contribution in [-0.4, -0.2) is 56.2 Å². The highest BCUT2D eigenvalue weighted by molar-refractivity contribution is 7.92. The monoisotopic (exact) mass is 395 g/mol. The Balaban J connectivity index is 2.50. The minimum atomic E-state index is -3.99. The molecule has 10 nitrogen and oxygen atoms in total. The Hall–Kier alpha value is -3.08. The van der Waals surface area contributed by atoms with Crippen molar-refractivity contribution in [3.05, 3.63) is 41.2 Å². The number of rotatable bonds is 5. The first-order chi connectivity index (χ1) is 12.6. The van der Waals surface area contributed by atoms with Crippen molar-refractivity contribution in [2.75, 3.05) is 31.4 Å². The third-order valence-electron chi connectivity index (χ3n) is 3.66. The van der Waals surface area contributed by atoms with Gasteiger partial charge in [-0.3, -0.25) is 4.79 Å². The first-order valence-corrected chi connectivity index (χ1v) is 9.30. The fourth-order valence-electron chi connectivity index (χ4n) is 2.15. The van der Waals surface area contributed by atoms with Crippen LogP contribution in [0.1, 0.15) is 21.7 Å². The molecule has 0 saturated carbocycles. The Kier molecular flexibility index (Phi) is 5.74. The summed E-state index contributed by atoms with van der Waals surface area (Å²) >= 11 is 0. The predicted octanol–water partition coefficient (Wildman–Crippen LogP) is 1.31. The molecule has 11 heteroatoms. The first-order valence-electron chi connectivity index (χ1n) is 7.82. The van der Waals surface area contributed by atoms with Crippen LogP contribution in [0, 0.1) is 13.8 Å². The number of nitrogens with one attached hydrogen (secondary N) is 2. The number of anilines is 1. The van der Waals surface area contributed by atoms with Gasteiger partial charge in [-0.1, -0.05) is 17.7 Å². The summed E-state index contributed by atoms with van der Waals surface area (Å²) in [5, 5.41) is 0. The van der Waals surface area contributed by atoms with Crippen molar-refractivity contribution < 1.29 is 22.7 Å². The average molecular weight is 395 g/mol. The second kappa shape index (κ2) is 7.66. The molecular formula is C16H21N5O5S. The molecule has 0 bridgehead atoms. The van der Waals surface area contributed by atoms with E-state index in [4.69, 9.17) is 0 Å². The van der Waals surface area contributed by atoms with Crippen LogP contribution in [0.2, 0.25) is 0 Å². The van der Waals surface area contributed by atoms with Crippen LogP contribution in [0.3, 0.4) is 0 Å². The quantitative estimate of drug-likeness (QED) is 0.787. The van der Waals surface area contributed by atoms with E-state index in [2.05, 4.69) is 19.9 Å². The maximum atomic E-state index is 12.6. The van der Waals surface area contributed by atoms with Gasteiger partial charge in [0.05, 0.1) is 17.7 Å². The van der Waals surface area contributed by atoms with E-state index in [1.54, 1.807) is 12.1 Å². The van der Waals surface area contributed by atoms with E-state index < -0.39 is 22.0 Å². The highest BCUT2D eigenvalue weighted by Crippen LogP contribution is 2.20. The molecule has 0 saturated heterocycles. The zero-order valence-electron chi connectivity index (χ0n) is 15.6. The summed E-state index contributed by atoms with van der Waals surface area (Å²) in [6.07, 6.45) is -0.852. The van der Waals surface area contributed by atoms with E-state index in [0.717, 1.165) is 17.3 Å². The van der Waals surface area contributed by atoms with Gasteiger partial charge in [0.25, 0.3) is 15.9 Å². The maximum absolute atomic E-state index is 12.6. The molecular weight excluding hydrogens is 374 g/mol. The van der Waals surface area contributed by atoms with Gasteiger partial charge >= 0.3 is 6.09 Å². The zero-order chi connectivity index (χ0) is 20.4. The van der Waals surface area contributed by atoms with Crippen molar-refractivity contribution in [2.24, 2.45) is 0 Å². The van der Waals surface area contributed by atoms with E-state index in [1.807, 2.05) is 6.92 Å². The van der Waals surface area contributed by atoms with Gasteiger partial charge in [0, 0.05) is 14.1 Å². The Morgan fingerprint density at radius 1 is 1.15 bits per heavy atom. The number of amides is 2. The molecule has 0 unspecified atom stereocenters. The molecule has 0 spiro atoms. The van der Waals surface area contributed by atoms with E-state index in [9.17, 15) is 18.0 Å². The Labute approximate surface area is 157 Å². The summed E-state index contributed by atoms with van der Waals surface area (Å²) < 4.78 is 33.2. The second-order valence-corrected chi connectivity index (χ2v) is 7.61. The van der Waals surface area contributed by atoms with E-state index >= 15 is 0 Å². The number of aryl methyl sites for hydroxylation is 1. The number of methoxy groups -OCH3 is 1. The van der Waals surface area contributed by atoms with Crippen molar-refractivity contribution >= 4 is 28.0 Å². The number of nitrogens with zero attached hydrogens (tertiary/aromatic N) is 3. The number of sulfonamides is 1. The summed E-state index contributed by atoms with van der Waals surface area (Å²) in [6, 6.07) is 6.19. The smallest absolute Gasteiger partial charge is 0.426 e. The lowest BCUT2D eigenvalue weighted by atomic mass is 10.2. The van der Waals surface area contributed by atoms with E-state index in [0.29, 0.717) is 0 Å². The first kappa shape index (κ1) is 20.2. The number of ether oxygens (including phenoxy) is 1. The number of aromatic nitrogens is 2. The molecule has 2 N–H and O–H groups in total. The number of hydrogen-bond donors (Lipinski definition) is 2. The Bertz CT molecular complexity index is 964. The molecule has 2 amide bonds. The third kappa shape index (κ3) is 4.37. The van der Waals surface area contributed by atoms with Crippen molar-refractivity contribution in [1.29, 1.82) is 0 Å². The van der Waals surface area contributed by atoms with Gasteiger partial charge in [0.1, 0.15) is 0 Å². The molecule has 0 radical (unpaired) electrons. The van der Waals surface area contributed by atoms with Gasteiger partial charge in [-0.25, -0.2) is 33.0 Å². The van der Waals surface area contributed by atoms with Gasteiger partial charge in [-0.05, 0) is 26.0 Å². The number of benzene rings is 1. The summed E-state index contributed by atoms with van der Waals surface area (Å²) in [7, 11) is 0.226. The van der Waals surface area contributed by atoms with Gasteiger partial charge in [-0.2, -0.15) is 0 Å². The number of hydrogen-bond acceptors (Lipinski definition) is 6. The predicted molar refractivity (Wildman–Crippen MR) is 98.7 cm³/mol. The van der Waals surface area contributed by atoms with Crippen LogP contribution in [0.5, 0.6) is 0 Å². The molecule has 1 heterocycles. The highest BCUT2D eigenvalue weighted by Gasteiger charge is 2.25. The van der Waals surface area contributed by atoms with Crippen molar-refractivity contribution in [3.63, 3.8) is 0 Å². The molecule has 0 aliphatic heterocycles. The summed E-state index contributed by atoms with van der Waals surface area (Å²) in [4.78, 5) is 29.3. The second-order valence-electron chi connectivity index (χ2n) is 5.93. The molecule has 1 aromatic heterocycles. The Morgan fingerprint density at radius 3 is 2.26 bits per heavy atom.